The summed E-state index contributed by atoms with van der Waals surface area (Å²) in [5.74, 6) is 0.873. The molecule has 0 saturated heterocycles. The third-order valence-corrected chi connectivity index (χ3v) is 3.42. The molecule has 1 unspecified atom stereocenters. The quantitative estimate of drug-likeness (QED) is 0.368. The lowest BCUT2D eigenvalue weighted by Gasteiger charge is -2.19. The molecule has 0 saturated carbocycles. The maximum Gasteiger partial charge on any atom is 0.191 e. The molecule has 0 aliphatic carbocycles. The third kappa shape index (κ3) is 10.1. The van der Waals surface area contributed by atoms with E-state index in [0.29, 0.717) is 19.2 Å². The standard InChI is InChI=1S/C19H33N3O.HI/c1-7-15(3)22-18(20-8-2)21-13-16-10-9-11-17(12-16)14-23-19(4,5)6;/h9-12,15H,7-8,13-14H2,1-6H3,(H2,20,21,22);1H. The molecule has 5 heteroatoms. The number of halogens is 1. The average Bonchev–Trinajstić information content (AvgIpc) is 2.50. The molecule has 0 bridgehead atoms. The molecule has 1 aromatic carbocycles. The Hall–Kier alpha value is -0.820. The molecule has 4 nitrogen and oxygen atoms in total. The van der Waals surface area contributed by atoms with Gasteiger partial charge in [0.15, 0.2) is 5.96 Å². The van der Waals surface area contributed by atoms with Gasteiger partial charge in [0.1, 0.15) is 0 Å². The van der Waals surface area contributed by atoms with Crippen LogP contribution in [0.3, 0.4) is 0 Å². The SMILES string of the molecule is CCNC(=NCc1cccc(COC(C)(C)C)c1)NC(C)CC.I. The Labute approximate surface area is 164 Å². The van der Waals surface area contributed by atoms with Crippen LogP contribution in [0.1, 0.15) is 59.1 Å². The summed E-state index contributed by atoms with van der Waals surface area (Å²) < 4.78 is 5.84. The molecular weight excluding hydrogens is 413 g/mol. The van der Waals surface area contributed by atoms with Crippen LogP contribution in [0.4, 0.5) is 0 Å². The first-order valence-electron chi connectivity index (χ1n) is 8.60. The smallest absolute Gasteiger partial charge is 0.191 e. The van der Waals surface area contributed by atoms with E-state index in [1.165, 1.54) is 11.1 Å². The number of ether oxygens (including phenoxy) is 1. The summed E-state index contributed by atoms with van der Waals surface area (Å²) >= 11 is 0. The highest BCUT2D eigenvalue weighted by atomic mass is 127. The molecule has 1 rings (SSSR count). The van der Waals surface area contributed by atoms with E-state index in [1.54, 1.807) is 0 Å². The highest BCUT2D eigenvalue weighted by molar-refractivity contribution is 14.0. The molecule has 138 valence electrons. The fourth-order valence-corrected chi connectivity index (χ4v) is 1.94. The number of nitrogens with zero attached hydrogens (tertiary/aromatic N) is 1. The van der Waals surface area contributed by atoms with Gasteiger partial charge in [0.25, 0.3) is 0 Å². The van der Waals surface area contributed by atoms with Crippen LogP contribution in [-0.2, 0) is 17.9 Å². The molecule has 0 heterocycles. The van der Waals surface area contributed by atoms with Gasteiger partial charge < -0.3 is 15.4 Å². The van der Waals surface area contributed by atoms with E-state index in [9.17, 15) is 0 Å². The second kappa shape index (κ2) is 11.7. The topological polar surface area (TPSA) is 45.7 Å². The zero-order chi connectivity index (χ0) is 17.3. The molecule has 0 fully saturated rings. The summed E-state index contributed by atoms with van der Waals surface area (Å²) in [4.78, 5) is 4.68. The van der Waals surface area contributed by atoms with Crippen LogP contribution in [0.25, 0.3) is 0 Å². The monoisotopic (exact) mass is 447 g/mol. The Morgan fingerprint density at radius 2 is 1.88 bits per heavy atom. The van der Waals surface area contributed by atoms with Gasteiger partial charge in [-0.1, -0.05) is 31.2 Å². The van der Waals surface area contributed by atoms with Gasteiger partial charge in [-0.2, -0.15) is 0 Å². The Balaban J connectivity index is 0.00000529. The van der Waals surface area contributed by atoms with E-state index in [4.69, 9.17) is 4.74 Å². The Kier molecular flexibility index (Phi) is 11.3. The van der Waals surface area contributed by atoms with Gasteiger partial charge in [-0.3, -0.25) is 0 Å². The zero-order valence-corrected chi connectivity index (χ0v) is 18.3. The van der Waals surface area contributed by atoms with E-state index < -0.39 is 0 Å². The van der Waals surface area contributed by atoms with E-state index >= 15 is 0 Å². The van der Waals surface area contributed by atoms with Crippen molar-refractivity contribution in [3.05, 3.63) is 35.4 Å². The summed E-state index contributed by atoms with van der Waals surface area (Å²) in [6.45, 7) is 14.8. The molecular formula is C19H34IN3O. The average molecular weight is 447 g/mol. The first-order chi connectivity index (χ1) is 10.8. The largest absolute Gasteiger partial charge is 0.371 e. The predicted molar refractivity (Wildman–Crippen MR) is 114 cm³/mol. The van der Waals surface area contributed by atoms with Crippen LogP contribution in [0.5, 0.6) is 0 Å². The second-order valence-corrected chi connectivity index (χ2v) is 6.87. The number of aliphatic imine (C=N–C) groups is 1. The van der Waals surface area contributed by atoms with Crippen LogP contribution in [0, 0.1) is 0 Å². The highest BCUT2D eigenvalue weighted by Gasteiger charge is 2.10. The normalized spacial score (nSPS) is 13.2. The number of nitrogens with one attached hydrogen (secondary N) is 2. The first kappa shape index (κ1) is 23.2. The molecule has 0 aliphatic heterocycles. The van der Waals surface area contributed by atoms with Crippen molar-refractivity contribution >= 4 is 29.9 Å². The van der Waals surface area contributed by atoms with Crippen molar-refractivity contribution in [1.82, 2.24) is 10.6 Å². The molecule has 1 aromatic rings. The van der Waals surface area contributed by atoms with Crippen LogP contribution in [0.2, 0.25) is 0 Å². The lowest BCUT2D eigenvalue weighted by atomic mass is 10.1. The Morgan fingerprint density at radius 3 is 2.46 bits per heavy atom. The molecule has 0 aromatic heterocycles. The van der Waals surface area contributed by atoms with E-state index in [2.05, 4.69) is 81.4 Å². The van der Waals surface area contributed by atoms with Crippen LogP contribution in [0.15, 0.2) is 29.3 Å². The molecule has 2 N–H and O–H groups in total. The van der Waals surface area contributed by atoms with Gasteiger partial charge in [0.2, 0.25) is 0 Å². The number of benzene rings is 1. The third-order valence-electron chi connectivity index (χ3n) is 3.42. The molecule has 1 atom stereocenters. The number of guanidine groups is 1. The van der Waals surface area contributed by atoms with Crippen LogP contribution < -0.4 is 10.6 Å². The number of hydrogen-bond donors (Lipinski definition) is 2. The van der Waals surface area contributed by atoms with E-state index in [-0.39, 0.29) is 29.6 Å². The van der Waals surface area contributed by atoms with Gasteiger partial charge >= 0.3 is 0 Å². The zero-order valence-electron chi connectivity index (χ0n) is 16.0. The number of hydrogen-bond acceptors (Lipinski definition) is 2. The Bertz CT molecular complexity index is 498. The van der Waals surface area contributed by atoms with E-state index in [1.807, 2.05) is 0 Å². The van der Waals surface area contributed by atoms with Crippen molar-refractivity contribution in [2.75, 3.05) is 6.54 Å². The summed E-state index contributed by atoms with van der Waals surface area (Å²) in [5.41, 5.74) is 2.26. The number of rotatable bonds is 7. The van der Waals surface area contributed by atoms with E-state index in [0.717, 1.165) is 18.9 Å². The van der Waals surface area contributed by atoms with Gasteiger partial charge in [-0.15, -0.1) is 24.0 Å². The summed E-state index contributed by atoms with van der Waals surface area (Å²) in [6.07, 6.45) is 1.07. The fourth-order valence-electron chi connectivity index (χ4n) is 1.94. The lowest BCUT2D eigenvalue weighted by Crippen LogP contribution is -2.41. The molecule has 0 amide bonds. The van der Waals surface area contributed by atoms with Crippen LogP contribution >= 0.6 is 24.0 Å². The Morgan fingerprint density at radius 1 is 1.21 bits per heavy atom. The van der Waals surface area contributed by atoms with Crippen LogP contribution in [-0.4, -0.2) is 24.1 Å². The van der Waals surface area contributed by atoms with Crippen molar-refractivity contribution in [2.24, 2.45) is 4.99 Å². The van der Waals surface area contributed by atoms with Gasteiger partial charge in [-0.05, 0) is 52.2 Å². The maximum atomic E-state index is 5.84. The molecule has 0 spiro atoms. The van der Waals surface area contributed by atoms with Crippen molar-refractivity contribution in [1.29, 1.82) is 0 Å². The predicted octanol–water partition coefficient (Wildman–Crippen LogP) is 4.47. The van der Waals surface area contributed by atoms with Crippen molar-refractivity contribution in [2.45, 2.75) is 72.8 Å². The van der Waals surface area contributed by atoms with Crippen molar-refractivity contribution in [3.8, 4) is 0 Å². The minimum absolute atomic E-state index is 0. The molecule has 0 radical (unpaired) electrons. The molecule has 0 aliphatic rings. The minimum Gasteiger partial charge on any atom is -0.371 e. The lowest BCUT2D eigenvalue weighted by molar-refractivity contribution is -0.0149. The second-order valence-electron chi connectivity index (χ2n) is 6.87. The van der Waals surface area contributed by atoms with Gasteiger partial charge in [0, 0.05) is 12.6 Å². The summed E-state index contributed by atoms with van der Waals surface area (Å²) in [5, 5.41) is 6.70. The first-order valence-corrected chi connectivity index (χ1v) is 8.60. The maximum absolute atomic E-state index is 5.84. The van der Waals surface area contributed by atoms with Crippen molar-refractivity contribution in [3.63, 3.8) is 0 Å². The molecule has 24 heavy (non-hydrogen) atoms. The minimum atomic E-state index is -0.118. The van der Waals surface area contributed by atoms with Gasteiger partial charge in [-0.25, -0.2) is 4.99 Å². The highest BCUT2D eigenvalue weighted by Crippen LogP contribution is 2.13. The summed E-state index contributed by atoms with van der Waals surface area (Å²) in [6, 6.07) is 8.86. The summed E-state index contributed by atoms with van der Waals surface area (Å²) in [7, 11) is 0. The fraction of sp³-hybridized carbons (Fsp3) is 0.632. The van der Waals surface area contributed by atoms with Crippen molar-refractivity contribution < 1.29 is 4.74 Å². The van der Waals surface area contributed by atoms with Gasteiger partial charge in [0.05, 0.1) is 18.8 Å².